The number of methoxy groups -OCH3 is 1. The molecule has 1 aromatic rings. The molecule has 5 nitrogen and oxygen atoms in total. The Morgan fingerprint density at radius 2 is 2.11 bits per heavy atom. The fourth-order valence-corrected chi connectivity index (χ4v) is 1.80. The minimum absolute atomic E-state index is 0.000248. The van der Waals surface area contributed by atoms with Gasteiger partial charge in [0.05, 0.1) is 7.11 Å². The molecule has 0 heterocycles. The zero-order chi connectivity index (χ0) is 14.4. The molecule has 0 saturated carbocycles. The standard InChI is InChI=1S/C14H21NO4/c1-4-9(2)13(14(18)19-3)15-8-10-5-6-11(16)7-12(10)17/h5-7,9,13,15-17H,4,8H2,1-3H3. The van der Waals surface area contributed by atoms with E-state index in [0.29, 0.717) is 12.1 Å². The van der Waals surface area contributed by atoms with Crippen LogP contribution in [0.5, 0.6) is 11.5 Å². The number of phenolic OH excluding ortho intramolecular Hbond substituents is 2. The molecule has 2 unspecified atom stereocenters. The van der Waals surface area contributed by atoms with Gasteiger partial charge in [-0.25, -0.2) is 0 Å². The fraction of sp³-hybridized carbons (Fsp3) is 0.500. The van der Waals surface area contributed by atoms with Crippen LogP contribution in [0.3, 0.4) is 0 Å². The monoisotopic (exact) mass is 267 g/mol. The van der Waals surface area contributed by atoms with E-state index in [1.54, 1.807) is 6.07 Å². The second-order valence-electron chi connectivity index (χ2n) is 4.58. The second-order valence-corrected chi connectivity index (χ2v) is 4.58. The van der Waals surface area contributed by atoms with Gasteiger partial charge < -0.3 is 14.9 Å². The molecule has 0 aromatic heterocycles. The number of nitrogens with one attached hydrogen (secondary N) is 1. The van der Waals surface area contributed by atoms with Crippen LogP contribution in [0.4, 0.5) is 0 Å². The molecule has 1 rings (SSSR count). The summed E-state index contributed by atoms with van der Waals surface area (Å²) in [5.74, 6) is -0.174. The lowest BCUT2D eigenvalue weighted by atomic mass is 9.99. The maximum atomic E-state index is 11.7. The van der Waals surface area contributed by atoms with Gasteiger partial charge in [0, 0.05) is 18.2 Å². The van der Waals surface area contributed by atoms with E-state index in [0.717, 1.165) is 6.42 Å². The van der Waals surface area contributed by atoms with Gasteiger partial charge >= 0.3 is 5.97 Å². The van der Waals surface area contributed by atoms with Crippen molar-refractivity contribution in [3.8, 4) is 11.5 Å². The van der Waals surface area contributed by atoms with Gasteiger partial charge in [-0.2, -0.15) is 0 Å². The number of rotatable bonds is 6. The number of esters is 1. The van der Waals surface area contributed by atoms with Crippen LogP contribution >= 0.6 is 0 Å². The third-order valence-electron chi connectivity index (χ3n) is 3.25. The molecule has 106 valence electrons. The molecule has 0 fully saturated rings. The first-order chi connectivity index (χ1) is 8.99. The number of carbonyl (C=O) groups is 1. The molecule has 0 radical (unpaired) electrons. The van der Waals surface area contributed by atoms with Gasteiger partial charge in [-0.1, -0.05) is 26.3 Å². The Labute approximate surface area is 113 Å². The number of hydrogen-bond acceptors (Lipinski definition) is 5. The zero-order valence-electron chi connectivity index (χ0n) is 11.5. The van der Waals surface area contributed by atoms with Crippen molar-refractivity contribution in [3.63, 3.8) is 0 Å². The summed E-state index contributed by atoms with van der Waals surface area (Å²) in [4.78, 5) is 11.7. The third-order valence-corrected chi connectivity index (χ3v) is 3.25. The van der Waals surface area contributed by atoms with Crippen molar-refractivity contribution >= 4 is 5.97 Å². The van der Waals surface area contributed by atoms with Crippen molar-refractivity contribution in [1.29, 1.82) is 0 Å². The normalized spacial score (nSPS) is 13.8. The largest absolute Gasteiger partial charge is 0.508 e. The summed E-state index contributed by atoms with van der Waals surface area (Å²) in [6.07, 6.45) is 0.842. The van der Waals surface area contributed by atoms with E-state index in [1.165, 1.54) is 19.2 Å². The van der Waals surface area contributed by atoms with Gasteiger partial charge in [0.25, 0.3) is 0 Å². The number of carbonyl (C=O) groups excluding carboxylic acids is 1. The van der Waals surface area contributed by atoms with Crippen molar-refractivity contribution in [2.45, 2.75) is 32.9 Å². The molecular formula is C14H21NO4. The molecule has 2 atom stereocenters. The van der Waals surface area contributed by atoms with Crippen LogP contribution in [0.15, 0.2) is 18.2 Å². The minimum Gasteiger partial charge on any atom is -0.508 e. The summed E-state index contributed by atoms with van der Waals surface area (Å²) >= 11 is 0. The number of hydrogen-bond donors (Lipinski definition) is 3. The molecule has 0 aliphatic heterocycles. The van der Waals surface area contributed by atoms with Crippen molar-refractivity contribution in [1.82, 2.24) is 5.32 Å². The maximum absolute atomic E-state index is 11.7. The quantitative estimate of drug-likeness (QED) is 0.685. The lowest BCUT2D eigenvalue weighted by Gasteiger charge is -2.22. The Kier molecular flexibility index (Phi) is 5.63. The molecule has 3 N–H and O–H groups in total. The number of ether oxygens (including phenoxy) is 1. The molecule has 19 heavy (non-hydrogen) atoms. The highest BCUT2D eigenvalue weighted by Crippen LogP contribution is 2.22. The topological polar surface area (TPSA) is 78.8 Å². The molecule has 5 heteroatoms. The molecular weight excluding hydrogens is 246 g/mol. The Hall–Kier alpha value is -1.75. The summed E-state index contributed by atoms with van der Waals surface area (Å²) in [5.41, 5.74) is 0.620. The maximum Gasteiger partial charge on any atom is 0.323 e. The van der Waals surface area contributed by atoms with E-state index in [2.05, 4.69) is 5.32 Å². The average Bonchev–Trinajstić information content (AvgIpc) is 2.40. The summed E-state index contributed by atoms with van der Waals surface area (Å²) in [6.45, 7) is 4.29. The van der Waals surface area contributed by atoms with Gasteiger partial charge in [-0.15, -0.1) is 0 Å². The Morgan fingerprint density at radius 3 is 2.63 bits per heavy atom. The van der Waals surface area contributed by atoms with E-state index < -0.39 is 6.04 Å². The summed E-state index contributed by atoms with van der Waals surface area (Å²) < 4.78 is 4.77. The fourth-order valence-electron chi connectivity index (χ4n) is 1.80. The van der Waals surface area contributed by atoms with Gasteiger partial charge in [0.1, 0.15) is 17.5 Å². The first-order valence-electron chi connectivity index (χ1n) is 6.31. The molecule has 0 aliphatic carbocycles. The van der Waals surface area contributed by atoms with Gasteiger partial charge in [0.15, 0.2) is 0 Å². The first kappa shape index (κ1) is 15.3. The number of aromatic hydroxyl groups is 2. The van der Waals surface area contributed by atoms with E-state index in [1.807, 2.05) is 13.8 Å². The van der Waals surface area contributed by atoms with E-state index >= 15 is 0 Å². The zero-order valence-corrected chi connectivity index (χ0v) is 11.5. The summed E-state index contributed by atoms with van der Waals surface area (Å²) in [5, 5.41) is 22.0. The lowest BCUT2D eigenvalue weighted by molar-refractivity contribution is -0.144. The van der Waals surface area contributed by atoms with Crippen molar-refractivity contribution in [2.24, 2.45) is 5.92 Å². The third kappa shape index (κ3) is 4.13. The molecule has 0 aliphatic rings. The van der Waals surface area contributed by atoms with Crippen LogP contribution in [0, 0.1) is 5.92 Å². The van der Waals surface area contributed by atoms with Crippen LogP contribution in [0.25, 0.3) is 0 Å². The molecule has 0 amide bonds. The predicted molar refractivity (Wildman–Crippen MR) is 71.9 cm³/mol. The first-order valence-corrected chi connectivity index (χ1v) is 6.31. The highest BCUT2D eigenvalue weighted by Gasteiger charge is 2.24. The highest BCUT2D eigenvalue weighted by atomic mass is 16.5. The Balaban J connectivity index is 2.73. The Morgan fingerprint density at radius 1 is 1.42 bits per heavy atom. The average molecular weight is 267 g/mol. The van der Waals surface area contributed by atoms with E-state index in [-0.39, 0.29) is 23.4 Å². The number of phenols is 2. The van der Waals surface area contributed by atoms with E-state index in [4.69, 9.17) is 4.74 Å². The van der Waals surface area contributed by atoms with E-state index in [9.17, 15) is 15.0 Å². The van der Waals surface area contributed by atoms with Crippen molar-refractivity contribution in [2.75, 3.05) is 7.11 Å². The van der Waals surface area contributed by atoms with Gasteiger partial charge in [-0.05, 0) is 12.0 Å². The predicted octanol–water partition coefficient (Wildman–Crippen LogP) is 1.78. The second kappa shape index (κ2) is 6.99. The van der Waals surface area contributed by atoms with Gasteiger partial charge in [-0.3, -0.25) is 10.1 Å². The molecule has 0 saturated heterocycles. The van der Waals surface area contributed by atoms with Crippen LogP contribution in [-0.2, 0) is 16.1 Å². The lowest BCUT2D eigenvalue weighted by Crippen LogP contribution is -2.42. The van der Waals surface area contributed by atoms with Crippen LogP contribution < -0.4 is 5.32 Å². The molecule has 0 spiro atoms. The highest BCUT2D eigenvalue weighted by molar-refractivity contribution is 5.76. The minimum atomic E-state index is -0.414. The number of benzene rings is 1. The Bertz CT molecular complexity index is 433. The SMILES string of the molecule is CCC(C)C(NCc1ccc(O)cc1O)C(=O)OC. The van der Waals surface area contributed by atoms with Gasteiger partial charge in [0.2, 0.25) is 0 Å². The smallest absolute Gasteiger partial charge is 0.323 e. The van der Waals surface area contributed by atoms with Crippen molar-refractivity contribution < 1.29 is 19.7 Å². The van der Waals surface area contributed by atoms with Crippen molar-refractivity contribution in [3.05, 3.63) is 23.8 Å². The molecule has 1 aromatic carbocycles. The summed E-state index contributed by atoms with van der Waals surface area (Å²) in [6, 6.07) is 3.96. The van der Waals surface area contributed by atoms with Crippen LogP contribution in [0.2, 0.25) is 0 Å². The molecule has 0 bridgehead atoms. The van der Waals surface area contributed by atoms with Crippen LogP contribution in [0.1, 0.15) is 25.8 Å². The summed E-state index contributed by atoms with van der Waals surface area (Å²) in [7, 11) is 1.36. The van der Waals surface area contributed by atoms with Crippen LogP contribution in [-0.4, -0.2) is 29.3 Å².